The Bertz CT molecular complexity index is 599. The zero-order valence-corrected chi connectivity index (χ0v) is 8.99. The smallest absolute Gasteiger partial charge is 0.271 e. The third kappa shape index (κ3) is 1.92. The van der Waals surface area contributed by atoms with Crippen LogP contribution in [0.25, 0.3) is 11.3 Å². The Balaban J connectivity index is 2.64. The van der Waals surface area contributed by atoms with Gasteiger partial charge in [0.1, 0.15) is 17.3 Å². The normalized spacial score (nSPS) is 10.5. The van der Waals surface area contributed by atoms with E-state index in [0.717, 1.165) is 12.1 Å². The van der Waals surface area contributed by atoms with Crippen LogP contribution < -0.4 is 5.73 Å². The summed E-state index contributed by atoms with van der Waals surface area (Å²) in [6.45, 7) is 0. The molecule has 8 heteroatoms. The van der Waals surface area contributed by atoms with Crippen LogP contribution in [0.4, 0.5) is 4.39 Å². The number of hydrogen-bond donors (Lipinski definition) is 3. The summed E-state index contributed by atoms with van der Waals surface area (Å²) in [5.41, 5.74) is 4.71. The molecule has 0 saturated carbocycles. The largest absolute Gasteiger partial charge is 0.506 e. The second kappa shape index (κ2) is 4.02. The molecule has 0 saturated heterocycles. The average Bonchev–Trinajstić information content (AvgIpc) is 2.72. The zero-order valence-electron chi connectivity index (χ0n) is 8.24. The molecule has 0 aliphatic heterocycles. The van der Waals surface area contributed by atoms with Crippen molar-refractivity contribution in [3.05, 3.63) is 28.7 Å². The summed E-state index contributed by atoms with van der Waals surface area (Å²) < 4.78 is 13.6. The molecule has 6 nitrogen and oxygen atoms in total. The summed E-state index contributed by atoms with van der Waals surface area (Å²) in [6, 6.07) is 1.95. The molecule has 0 radical (unpaired) electrons. The molecular formula is C9H6ClFN4O2. The second-order valence-corrected chi connectivity index (χ2v) is 3.58. The molecule has 0 spiro atoms. The van der Waals surface area contributed by atoms with Crippen molar-refractivity contribution < 1.29 is 14.3 Å². The summed E-state index contributed by atoms with van der Waals surface area (Å²) in [5, 5.41) is 18.4. The molecule has 1 amide bonds. The molecule has 0 atom stereocenters. The van der Waals surface area contributed by atoms with Crippen LogP contribution in [0.15, 0.2) is 12.1 Å². The number of primary amides is 1. The number of nitrogens with one attached hydrogen (secondary N) is 1. The molecule has 0 fully saturated rings. The van der Waals surface area contributed by atoms with Crippen molar-refractivity contribution >= 4 is 17.5 Å². The minimum absolute atomic E-state index is 0.0584. The molecule has 1 heterocycles. The van der Waals surface area contributed by atoms with Crippen molar-refractivity contribution in [1.29, 1.82) is 0 Å². The highest BCUT2D eigenvalue weighted by Gasteiger charge is 2.19. The number of amides is 1. The first kappa shape index (κ1) is 11.3. The number of phenolic OH excluding ortho intramolecular Hbond substituents is 1. The predicted molar refractivity (Wildman–Crippen MR) is 57.0 cm³/mol. The van der Waals surface area contributed by atoms with Gasteiger partial charge < -0.3 is 10.8 Å². The Hall–Kier alpha value is -2.15. The molecule has 0 aliphatic carbocycles. The maximum atomic E-state index is 13.6. The van der Waals surface area contributed by atoms with Crippen LogP contribution in [-0.2, 0) is 0 Å². The molecule has 1 aromatic carbocycles. The Morgan fingerprint density at radius 3 is 2.82 bits per heavy atom. The van der Waals surface area contributed by atoms with E-state index >= 15 is 0 Å². The molecule has 2 rings (SSSR count). The Morgan fingerprint density at radius 2 is 2.18 bits per heavy atom. The maximum Gasteiger partial charge on any atom is 0.271 e. The van der Waals surface area contributed by atoms with Gasteiger partial charge in [0.25, 0.3) is 5.91 Å². The molecular weight excluding hydrogens is 251 g/mol. The lowest BCUT2D eigenvalue weighted by Crippen LogP contribution is -2.13. The lowest BCUT2D eigenvalue weighted by molar-refractivity contribution is 0.0996. The number of nitrogens with two attached hydrogens (primary N) is 1. The van der Waals surface area contributed by atoms with Gasteiger partial charge in [0.05, 0.1) is 5.02 Å². The SMILES string of the molecule is NC(=O)c1n[nH]nc1-c1cc(Cl)c(O)cc1F. The molecule has 88 valence electrons. The minimum Gasteiger partial charge on any atom is -0.506 e. The summed E-state index contributed by atoms with van der Waals surface area (Å²) in [4.78, 5) is 11.0. The topological polar surface area (TPSA) is 105 Å². The fraction of sp³-hybridized carbons (Fsp3) is 0. The Morgan fingerprint density at radius 1 is 1.47 bits per heavy atom. The van der Waals surface area contributed by atoms with Gasteiger partial charge in [0.2, 0.25) is 0 Å². The third-order valence-electron chi connectivity index (χ3n) is 2.07. The second-order valence-electron chi connectivity index (χ2n) is 3.17. The van der Waals surface area contributed by atoms with E-state index in [0.29, 0.717) is 0 Å². The van der Waals surface area contributed by atoms with Gasteiger partial charge in [-0.15, -0.1) is 0 Å². The standard InChI is InChI=1S/C9H6ClFN4O2/c10-4-1-3(5(11)2-6(4)16)7-8(9(12)17)14-15-13-7/h1-2,16H,(H2,12,17)(H,13,14,15). The van der Waals surface area contributed by atoms with Crippen molar-refractivity contribution in [2.45, 2.75) is 0 Å². The molecule has 2 aromatic rings. The van der Waals surface area contributed by atoms with Gasteiger partial charge in [0, 0.05) is 11.6 Å². The first-order valence-electron chi connectivity index (χ1n) is 4.39. The first-order valence-corrected chi connectivity index (χ1v) is 4.77. The van der Waals surface area contributed by atoms with Crippen LogP contribution in [0.2, 0.25) is 5.02 Å². The van der Waals surface area contributed by atoms with Crippen LogP contribution in [0, 0.1) is 5.82 Å². The summed E-state index contributed by atoms with van der Waals surface area (Å²) in [5.74, 6) is -2.04. The number of rotatable bonds is 2. The van der Waals surface area contributed by atoms with Crippen LogP contribution >= 0.6 is 11.6 Å². The summed E-state index contributed by atoms with van der Waals surface area (Å²) in [7, 11) is 0. The van der Waals surface area contributed by atoms with Gasteiger partial charge >= 0.3 is 0 Å². The number of benzene rings is 1. The van der Waals surface area contributed by atoms with E-state index in [4.69, 9.17) is 17.3 Å². The van der Waals surface area contributed by atoms with Crippen molar-refractivity contribution in [1.82, 2.24) is 15.4 Å². The Labute approximate surface area is 99.2 Å². The van der Waals surface area contributed by atoms with E-state index in [1.165, 1.54) is 0 Å². The quantitative estimate of drug-likeness (QED) is 0.747. The van der Waals surface area contributed by atoms with Gasteiger partial charge in [0.15, 0.2) is 5.69 Å². The lowest BCUT2D eigenvalue weighted by Gasteiger charge is -2.03. The van der Waals surface area contributed by atoms with Gasteiger partial charge in [-0.2, -0.15) is 15.4 Å². The van der Waals surface area contributed by atoms with Crippen LogP contribution in [-0.4, -0.2) is 26.4 Å². The van der Waals surface area contributed by atoms with Gasteiger partial charge in [-0.3, -0.25) is 4.79 Å². The number of halogens is 2. The molecule has 1 aromatic heterocycles. The fourth-order valence-corrected chi connectivity index (χ4v) is 1.47. The molecule has 0 bridgehead atoms. The number of carbonyl (C=O) groups is 1. The van der Waals surface area contributed by atoms with E-state index in [-0.39, 0.29) is 22.0 Å². The highest BCUT2D eigenvalue weighted by atomic mass is 35.5. The van der Waals surface area contributed by atoms with Crippen molar-refractivity contribution in [3.8, 4) is 17.0 Å². The third-order valence-corrected chi connectivity index (χ3v) is 2.38. The maximum absolute atomic E-state index is 13.6. The average molecular weight is 257 g/mol. The summed E-state index contributed by atoms with van der Waals surface area (Å²) in [6.07, 6.45) is 0. The number of phenols is 1. The summed E-state index contributed by atoms with van der Waals surface area (Å²) >= 11 is 5.64. The van der Waals surface area contributed by atoms with Crippen LogP contribution in [0.3, 0.4) is 0 Å². The molecule has 17 heavy (non-hydrogen) atoms. The number of aromatic hydroxyl groups is 1. The van der Waals surface area contributed by atoms with Crippen LogP contribution in [0.1, 0.15) is 10.5 Å². The zero-order chi connectivity index (χ0) is 12.6. The van der Waals surface area contributed by atoms with E-state index in [9.17, 15) is 14.3 Å². The highest BCUT2D eigenvalue weighted by Crippen LogP contribution is 2.32. The predicted octanol–water partition coefficient (Wildman–Crippen LogP) is 1.07. The van der Waals surface area contributed by atoms with E-state index in [1.54, 1.807) is 0 Å². The fourth-order valence-electron chi connectivity index (χ4n) is 1.31. The minimum atomic E-state index is -0.850. The van der Waals surface area contributed by atoms with Crippen molar-refractivity contribution in [2.75, 3.05) is 0 Å². The van der Waals surface area contributed by atoms with E-state index in [1.807, 2.05) is 0 Å². The van der Waals surface area contributed by atoms with Gasteiger partial charge in [-0.25, -0.2) is 4.39 Å². The number of H-pyrrole nitrogens is 1. The number of aromatic nitrogens is 3. The highest BCUT2D eigenvalue weighted by molar-refractivity contribution is 6.32. The van der Waals surface area contributed by atoms with Crippen molar-refractivity contribution in [3.63, 3.8) is 0 Å². The number of nitrogens with zero attached hydrogens (tertiary/aromatic N) is 2. The molecule has 4 N–H and O–H groups in total. The molecule has 0 unspecified atom stereocenters. The van der Waals surface area contributed by atoms with E-state index in [2.05, 4.69) is 15.4 Å². The first-order chi connectivity index (χ1) is 8.00. The number of carbonyl (C=O) groups excluding carboxylic acids is 1. The van der Waals surface area contributed by atoms with E-state index < -0.39 is 17.5 Å². The number of aromatic amines is 1. The Kier molecular flexibility index (Phi) is 2.68. The van der Waals surface area contributed by atoms with Gasteiger partial charge in [-0.05, 0) is 6.07 Å². The lowest BCUT2D eigenvalue weighted by atomic mass is 10.1. The van der Waals surface area contributed by atoms with Crippen LogP contribution in [0.5, 0.6) is 5.75 Å². The monoisotopic (exact) mass is 256 g/mol. The molecule has 0 aliphatic rings. The number of hydrogen-bond acceptors (Lipinski definition) is 4. The van der Waals surface area contributed by atoms with Gasteiger partial charge in [-0.1, -0.05) is 11.6 Å². The van der Waals surface area contributed by atoms with Crippen molar-refractivity contribution in [2.24, 2.45) is 5.73 Å².